The molecule has 0 aliphatic carbocycles. The van der Waals surface area contributed by atoms with E-state index < -0.39 is 17.1 Å². The Hall–Kier alpha value is -1.30. The first kappa shape index (κ1) is 18.0. The zero-order valence-electron chi connectivity index (χ0n) is 15.0. The summed E-state index contributed by atoms with van der Waals surface area (Å²) in [5.41, 5.74) is -0.953. The Bertz CT molecular complexity index is 464. The molecule has 2 aliphatic heterocycles. The standard InChI is InChI=1S/C17H30N2O4/c1-12(2)13-6-7-19(9-13)17(8-14(20)21)10-18(11-17)15(22)23-16(3,4)5/h12-13H,6-11H2,1-5H3,(H,20,21). The zero-order valence-corrected chi connectivity index (χ0v) is 15.0. The average molecular weight is 326 g/mol. The molecule has 0 saturated carbocycles. The number of hydrogen-bond donors (Lipinski definition) is 1. The van der Waals surface area contributed by atoms with Crippen molar-refractivity contribution in [3.8, 4) is 0 Å². The Labute approximate surface area is 138 Å². The topological polar surface area (TPSA) is 70.1 Å². The summed E-state index contributed by atoms with van der Waals surface area (Å²) in [6.07, 6.45) is 0.834. The van der Waals surface area contributed by atoms with Gasteiger partial charge in [-0.25, -0.2) is 4.79 Å². The molecule has 1 atom stereocenters. The number of carboxylic acids is 1. The van der Waals surface area contributed by atoms with Crippen molar-refractivity contribution in [2.75, 3.05) is 26.2 Å². The Balaban J connectivity index is 2.01. The number of aliphatic carboxylic acids is 1. The number of rotatable bonds is 4. The predicted octanol–water partition coefficient (Wildman–Crippen LogP) is 2.43. The Morgan fingerprint density at radius 2 is 1.91 bits per heavy atom. The maximum absolute atomic E-state index is 12.1. The van der Waals surface area contributed by atoms with Crippen LogP contribution in [0.15, 0.2) is 0 Å². The van der Waals surface area contributed by atoms with E-state index in [2.05, 4.69) is 18.7 Å². The van der Waals surface area contributed by atoms with Crippen molar-refractivity contribution in [2.45, 2.75) is 58.6 Å². The van der Waals surface area contributed by atoms with E-state index in [4.69, 9.17) is 4.74 Å². The molecule has 0 bridgehead atoms. The lowest BCUT2D eigenvalue weighted by molar-refractivity contribution is -0.145. The quantitative estimate of drug-likeness (QED) is 0.859. The minimum Gasteiger partial charge on any atom is -0.481 e. The summed E-state index contributed by atoms with van der Waals surface area (Å²) in [4.78, 5) is 27.4. The summed E-state index contributed by atoms with van der Waals surface area (Å²) in [7, 11) is 0. The van der Waals surface area contributed by atoms with Crippen LogP contribution in [-0.2, 0) is 9.53 Å². The van der Waals surface area contributed by atoms with E-state index in [1.807, 2.05) is 20.8 Å². The summed E-state index contributed by atoms with van der Waals surface area (Å²) >= 11 is 0. The molecule has 23 heavy (non-hydrogen) atoms. The second-order valence-corrected chi connectivity index (χ2v) is 8.37. The van der Waals surface area contributed by atoms with Gasteiger partial charge in [0.15, 0.2) is 0 Å². The van der Waals surface area contributed by atoms with Gasteiger partial charge in [0, 0.05) is 19.6 Å². The number of nitrogens with zero attached hydrogens (tertiary/aromatic N) is 2. The molecule has 6 heteroatoms. The molecule has 2 aliphatic rings. The molecule has 2 saturated heterocycles. The average Bonchev–Trinajstić information content (AvgIpc) is 2.80. The molecule has 2 fully saturated rings. The zero-order chi connectivity index (χ0) is 17.4. The second kappa shape index (κ2) is 6.30. The third kappa shape index (κ3) is 4.16. The van der Waals surface area contributed by atoms with Crippen LogP contribution in [0.5, 0.6) is 0 Å². The molecule has 2 heterocycles. The lowest BCUT2D eigenvalue weighted by atomic mass is 9.84. The van der Waals surface area contributed by atoms with Gasteiger partial charge in [-0.05, 0) is 45.6 Å². The normalized spacial score (nSPS) is 24.6. The highest BCUT2D eigenvalue weighted by molar-refractivity contribution is 5.73. The van der Waals surface area contributed by atoms with Crippen molar-refractivity contribution < 1.29 is 19.4 Å². The molecule has 6 nitrogen and oxygen atoms in total. The largest absolute Gasteiger partial charge is 0.481 e. The second-order valence-electron chi connectivity index (χ2n) is 8.37. The Morgan fingerprint density at radius 1 is 1.30 bits per heavy atom. The summed E-state index contributed by atoms with van der Waals surface area (Å²) in [6, 6.07) is 0. The highest BCUT2D eigenvalue weighted by atomic mass is 16.6. The first-order chi connectivity index (χ1) is 10.5. The van der Waals surface area contributed by atoms with E-state index in [-0.39, 0.29) is 12.5 Å². The molecule has 0 aromatic carbocycles. The maximum atomic E-state index is 12.1. The molecular weight excluding hydrogens is 296 g/mol. The van der Waals surface area contributed by atoms with Gasteiger partial charge in [-0.2, -0.15) is 0 Å². The van der Waals surface area contributed by atoms with Gasteiger partial charge in [0.2, 0.25) is 0 Å². The van der Waals surface area contributed by atoms with Crippen LogP contribution < -0.4 is 0 Å². The Morgan fingerprint density at radius 3 is 2.35 bits per heavy atom. The van der Waals surface area contributed by atoms with Crippen molar-refractivity contribution in [3.63, 3.8) is 0 Å². The lowest BCUT2D eigenvalue weighted by Crippen LogP contribution is -2.71. The maximum Gasteiger partial charge on any atom is 0.410 e. The van der Waals surface area contributed by atoms with Gasteiger partial charge in [0.25, 0.3) is 0 Å². The van der Waals surface area contributed by atoms with Gasteiger partial charge < -0.3 is 14.7 Å². The molecular formula is C17H30N2O4. The van der Waals surface area contributed by atoms with E-state index in [0.717, 1.165) is 19.5 Å². The number of hydrogen-bond acceptors (Lipinski definition) is 4. The van der Waals surface area contributed by atoms with Crippen LogP contribution in [0.2, 0.25) is 0 Å². The smallest absolute Gasteiger partial charge is 0.410 e. The molecule has 1 N–H and O–H groups in total. The van der Waals surface area contributed by atoms with Crippen molar-refractivity contribution in [1.82, 2.24) is 9.80 Å². The first-order valence-corrected chi connectivity index (χ1v) is 8.47. The van der Waals surface area contributed by atoms with Gasteiger partial charge in [-0.1, -0.05) is 13.8 Å². The molecule has 132 valence electrons. The van der Waals surface area contributed by atoms with E-state index in [0.29, 0.717) is 24.9 Å². The molecule has 0 aromatic heterocycles. The van der Waals surface area contributed by atoms with Crippen LogP contribution >= 0.6 is 0 Å². The van der Waals surface area contributed by atoms with Crippen molar-refractivity contribution in [3.05, 3.63) is 0 Å². The third-order valence-electron chi connectivity index (χ3n) is 4.94. The molecule has 2 rings (SSSR count). The lowest BCUT2D eigenvalue weighted by Gasteiger charge is -2.54. The predicted molar refractivity (Wildman–Crippen MR) is 87.3 cm³/mol. The fourth-order valence-corrected chi connectivity index (χ4v) is 3.59. The number of carbonyl (C=O) groups is 2. The van der Waals surface area contributed by atoms with E-state index in [1.165, 1.54) is 0 Å². The summed E-state index contributed by atoms with van der Waals surface area (Å²) in [5, 5.41) is 9.30. The van der Waals surface area contributed by atoms with Gasteiger partial charge in [0.1, 0.15) is 5.60 Å². The molecule has 1 amide bonds. The van der Waals surface area contributed by atoms with Crippen LogP contribution in [0.4, 0.5) is 4.79 Å². The molecule has 0 spiro atoms. The van der Waals surface area contributed by atoms with Crippen LogP contribution in [0.25, 0.3) is 0 Å². The van der Waals surface area contributed by atoms with Crippen molar-refractivity contribution >= 4 is 12.1 Å². The summed E-state index contributed by atoms with van der Waals surface area (Å²) in [5.74, 6) is 0.405. The van der Waals surface area contributed by atoms with Gasteiger partial charge in [-0.15, -0.1) is 0 Å². The minimum atomic E-state index is -0.804. The summed E-state index contributed by atoms with van der Waals surface area (Å²) in [6.45, 7) is 12.7. The molecule has 0 aromatic rings. The number of amides is 1. The van der Waals surface area contributed by atoms with Crippen LogP contribution in [0.1, 0.15) is 47.5 Å². The van der Waals surface area contributed by atoms with Gasteiger partial charge >= 0.3 is 12.1 Å². The van der Waals surface area contributed by atoms with E-state index >= 15 is 0 Å². The third-order valence-corrected chi connectivity index (χ3v) is 4.94. The molecule has 1 unspecified atom stereocenters. The number of carboxylic acid groups (broad SMARTS) is 1. The monoisotopic (exact) mass is 326 g/mol. The number of carbonyl (C=O) groups excluding carboxylic acids is 1. The van der Waals surface area contributed by atoms with Crippen molar-refractivity contribution in [2.24, 2.45) is 11.8 Å². The first-order valence-electron chi connectivity index (χ1n) is 8.47. The minimum absolute atomic E-state index is 0.0805. The van der Waals surface area contributed by atoms with Gasteiger partial charge in [-0.3, -0.25) is 9.69 Å². The fourth-order valence-electron chi connectivity index (χ4n) is 3.59. The highest BCUT2D eigenvalue weighted by Crippen LogP contribution is 2.37. The highest BCUT2D eigenvalue weighted by Gasteiger charge is 2.53. The molecule has 0 radical (unpaired) electrons. The van der Waals surface area contributed by atoms with Gasteiger partial charge in [0.05, 0.1) is 12.0 Å². The van der Waals surface area contributed by atoms with Crippen LogP contribution in [-0.4, -0.2) is 64.3 Å². The van der Waals surface area contributed by atoms with E-state index in [9.17, 15) is 14.7 Å². The Kier molecular flexibility index (Phi) is 4.95. The van der Waals surface area contributed by atoms with E-state index in [1.54, 1.807) is 4.90 Å². The van der Waals surface area contributed by atoms with Crippen LogP contribution in [0.3, 0.4) is 0 Å². The SMILES string of the molecule is CC(C)C1CCN(C2(CC(=O)O)CN(C(=O)OC(C)(C)C)C2)C1. The van der Waals surface area contributed by atoms with Crippen molar-refractivity contribution in [1.29, 1.82) is 0 Å². The summed E-state index contributed by atoms with van der Waals surface area (Å²) < 4.78 is 5.38. The fraction of sp³-hybridized carbons (Fsp3) is 0.882. The number of likely N-dealkylation sites (tertiary alicyclic amines) is 2. The van der Waals surface area contributed by atoms with Crippen LogP contribution in [0, 0.1) is 11.8 Å². The number of ether oxygens (including phenoxy) is 1.